The second-order valence-electron chi connectivity index (χ2n) is 10.6. The largest absolute Gasteiger partial charge is 0.309 e. The summed E-state index contributed by atoms with van der Waals surface area (Å²) in [6.07, 6.45) is 0. The van der Waals surface area contributed by atoms with Crippen molar-refractivity contribution >= 4 is 60.4 Å². The quantitative estimate of drug-likeness (QED) is 0.208. The van der Waals surface area contributed by atoms with Gasteiger partial charge in [-0.25, -0.2) is 0 Å². The van der Waals surface area contributed by atoms with Gasteiger partial charge in [0.25, 0.3) is 0 Å². The van der Waals surface area contributed by atoms with Gasteiger partial charge in [-0.15, -0.1) is 0 Å². The highest BCUT2D eigenvalue weighted by molar-refractivity contribution is 6.06. The number of anilines is 3. The lowest BCUT2D eigenvalue weighted by atomic mass is 10.0. The van der Waals surface area contributed by atoms with E-state index in [1.807, 2.05) is 42.5 Å². The molecule has 0 atom stereocenters. The Hall–Kier alpha value is -5.67. The molecule has 0 aliphatic carbocycles. The van der Waals surface area contributed by atoms with Crippen LogP contribution >= 0.6 is 0 Å². The molecule has 8 rings (SSSR count). The number of fused-ring (bicyclic) bond motifs is 4. The van der Waals surface area contributed by atoms with Gasteiger partial charge in [-0.2, -0.15) is 0 Å². The molecule has 0 unspecified atom stereocenters. The van der Waals surface area contributed by atoms with Crippen molar-refractivity contribution in [3.63, 3.8) is 0 Å². The normalized spacial score (nSPS) is 11.4. The van der Waals surface area contributed by atoms with E-state index in [4.69, 9.17) is 0 Å². The van der Waals surface area contributed by atoms with Crippen molar-refractivity contribution in [3.8, 4) is 5.69 Å². The first-order chi connectivity index (χ1) is 20.8. The van der Waals surface area contributed by atoms with E-state index in [9.17, 15) is 4.79 Å². The van der Waals surface area contributed by atoms with Crippen LogP contribution in [0.15, 0.2) is 163 Å². The van der Waals surface area contributed by atoms with Crippen molar-refractivity contribution in [2.75, 3.05) is 4.90 Å². The first-order valence-corrected chi connectivity index (χ1v) is 14.2. The number of hydrogen-bond donors (Lipinski definition) is 0. The molecule has 1 heterocycles. The number of nitrogens with zero attached hydrogens (tertiary/aromatic N) is 2. The van der Waals surface area contributed by atoms with Crippen LogP contribution in [-0.2, 0) is 0 Å². The number of pyridine rings is 1. The fourth-order valence-electron chi connectivity index (χ4n) is 6.25. The summed E-state index contributed by atoms with van der Waals surface area (Å²) < 4.78 is 2.19. The summed E-state index contributed by atoms with van der Waals surface area (Å²) in [6.45, 7) is 0. The molecule has 0 radical (unpaired) electrons. The van der Waals surface area contributed by atoms with Gasteiger partial charge in [0.1, 0.15) is 0 Å². The molecule has 0 aliphatic heterocycles. The lowest BCUT2D eigenvalue weighted by molar-refractivity contribution is 1.16. The molecular formula is C39H26N2O. The molecule has 3 nitrogen and oxygen atoms in total. The smallest absolute Gasteiger partial charge is 0.197 e. The molecule has 0 aliphatic rings. The van der Waals surface area contributed by atoms with E-state index in [1.54, 1.807) is 0 Å². The highest BCUT2D eigenvalue weighted by atomic mass is 16.1. The maximum absolute atomic E-state index is 14.1. The summed E-state index contributed by atoms with van der Waals surface area (Å²) in [6, 6.07) is 54.2. The standard InChI is InChI=1S/C39H26N2O/c42-39-33-20-8-9-21-37(33)40(29-16-2-1-3-17-29)38-25-24-30(26-34(38)39)41(35-22-10-14-27-12-4-6-18-31(27)35)36-23-11-15-28-13-5-7-19-32(28)36/h1-26H. The molecule has 0 saturated heterocycles. The van der Waals surface area contributed by atoms with Crippen LogP contribution in [0.4, 0.5) is 17.1 Å². The zero-order valence-corrected chi connectivity index (χ0v) is 22.8. The molecule has 3 heteroatoms. The zero-order valence-electron chi connectivity index (χ0n) is 22.8. The van der Waals surface area contributed by atoms with E-state index in [0.29, 0.717) is 10.8 Å². The van der Waals surface area contributed by atoms with E-state index in [-0.39, 0.29) is 5.43 Å². The maximum Gasteiger partial charge on any atom is 0.197 e. The zero-order chi connectivity index (χ0) is 28.0. The number of benzene rings is 7. The number of hydrogen-bond acceptors (Lipinski definition) is 2. The van der Waals surface area contributed by atoms with Crippen LogP contribution < -0.4 is 10.3 Å². The minimum atomic E-state index is 0.0328. The van der Waals surface area contributed by atoms with E-state index < -0.39 is 0 Å². The van der Waals surface area contributed by atoms with Crippen LogP contribution in [0, 0.1) is 0 Å². The molecule has 0 fully saturated rings. The molecule has 0 bridgehead atoms. The van der Waals surface area contributed by atoms with Crippen molar-refractivity contribution in [1.82, 2.24) is 4.57 Å². The Morgan fingerprint density at radius 1 is 0.429 bits per heavy atom. The third-order valence-corrected chi connectivity index (χ3v) is 8.14. The van der Waals surface area contributed by atoms with E-state index in [1.165, 1.54) is 10.8 Å². The van der Waals surface area contributed by atoms with Gasteiger partial charge in [-0.3, -0.25) is 4.79 Å². The molecule has 0 spiro atoms. The Balaban J connectivity index is 1.47. The highest BCUT2D eigenvalue weighted by Gasteiger charge is 2.20. The first kappa shape index (κ1) is 24.2. The third-order valence-electron chi connectivity index (χ3n) is 8.14. The van der Waals surface area contributed by atoms with Gasteiger partial charge < -0.3 is 9.47 Å². The molecule has 1 aromatic heterocycles. The summed E-state index contributed by atoms with van der Waals surface area (Å²) >= 11 is 0. The monoisotopic (exact) mass is 538 g/mol. The number of para-hydroxylation sites is 2. The van der Waals surface area contributed by atoms with Gasteiger partial charge in [0, 0.05) is 32.9 Å². The summed E-state index contributed by atoms with van der Waals surface area (Å²) in [7, 11) is 0. The topological polar surface area (TPSA) is 25.2 Å². The molecule has 0 N–H and O–H groups in total. The Bertz CT molecular complexity index is 2250. The minimum Gasteiger partial charge on any atom is -0.309 e. The van der Waals surface area contributed by atoms with Gasteiger partial charge >= 0.3 is 0 Å². The average molecular weight is 539 g/mol. The molecule has 0 amide bonds. The second kappa shape index (κ2) is 9.76. The molecular weight excluding hydrogens is 512 g/mol. The average Bonchev–Trinajstić information content (AvgIpc) is 3.06. The lowest BCUT2D eigenvalue weighted by Gasteiger charge is -2.28. The summed E-state index contributed by atoms with van der Waals surface area (Å²) in [5, 5.41) is 6.01. The van der Waals surface area contributed by atoms with Crippen molar-refractivity contribution < 1.29 is 0 Å². The maximum atomic E-state index is 14.1. The van der Waals surface area contributed by atoms with Crippen LogP contribution in [0.2, 0.25) is 0 Å². The second-order valence-corrected chi connectivity index (χ2v) is 10.6. The van der Waals surface area contributed by atoms with Gasteiger partial charge in [-0.05, 0) is 65.4 Å². The van der Waals surface area contributed by atoms with Crippen molar-refractivity contribution in [2.45, 2.75) is 0 Å². The Labute approximate surface area is 243 Å². The summed E-state index contributed by atoms with van der Waals surface area (Å²) in [5.74, 6) is 0. The summed E-state index contributed by atoms with van der Waals surface area (Å²) in [5.41, 5.74) is 5.89. The molecule has 7 aromatic carbocycles. The van der Waals surface area contributed by atoms with E-state index in [0.717, 1.165) is 44.6 Å². The SMILES string of the molecule is O=c1c2ccccc2n(-c2ccccc2)c2ccc(N(c3cccc4ccccc34)c3cccc4ccccc34)cc12. The van der Waals surface area contributed by atoms with Crippen molar-refractivity contribution in [2.24, 2.45) is 0 Å². The first-order valence-electron chi connectivity index (χ1n) is 14.2. The van der Waals surface area contributed by atoms with Crippen LogP contribution in [0.5, 0.6) is 0 Å². The number of aromatic nitrogens is 1. The fraction of sp³-hybridized carbons (Fsp3) is 0. The van der Waals surface area contributed by atoms with Crippen molar-refractivity contribution in [3.05, 3.63) is 168 Å². The van der Waals surface area contributed by atoms with Crippen molar-refractivity contribution in [1.29, 1.82) is 0 Å². The molecule has 8 aromatic rings. The fourth-order valence-corrected chi connectivity index (χ4v) is 6.25. The third kappa shape index (κ3) is 3.79. The predicted octanol–water partition coefficient (Wildman–Crippen LogP) is 9.92. The van der Waals surface area contributed by atoms with E-state index in [2.05, 4.69) is 125 Å². The Kier molecular flexibility index (Phi) is 5.61. The van der Waals surface area contributed by atoms with E-state index >= 15 is 0 Å². The van der Waals surface area contributed by atoms with Crippen LogP contribution in [0.3, 0.4) is 0 Å². The number of rotatable bonds is 4. The van der Waals surface area contributed by atoms with Gasteiger partial charge in [0.05, 0.1) is 22.4 Å². The minimum absolute atomic E-state index is 0.0328. The highest BCUT2D eigenvalue weighted by Crippen LogP contribution is 2.42. The van der Waals surface area contributed by atoms with Crippen LogP contribution in [0.1, 0.15) is 0 Å². The van der Waals surface area contributed by atoms with Crippen LogP contribution in [-0.4, -0.2) is 4.57 Å². The van der Waals surface area contributed by atoms with Gasteiger partial charge in [0.2, 0.25) is 0 Å². The molecule has 198 valence electrons. The molecule has 42 heavy (non-hydrogen) atoms. The lowest BCUT2D eigenvalue weighted by Crippen LogP contribution is -2.14. The van der Waals surface area contributed by atoms with Crippen LogP contribution in [0.25, 0.3) is 49.0 Å². The van der Waals surface area contributed by atoms with Gasteiger partial charge in [0.15, 0.2) is 5.43 Å². The van der Waals surface area contributed by atoms with Gasteiger partial charge in [-0.1, -0.05) is 103 Å². The Morgan fingerprint density at radius 3 is 1.62 bits per heavy atom. The molecule has 0 saturated carbocycles. The Morgan fingerprint density at radius 2 is 0.952 bits per heavy atom. The summed E-state index contributed by atoms with van der Waals surface area (Å²) in [4.78, 5) is 16.4. The predicted molar refractivity (Wildman–Crippen MR) is 177 cm³/mol.